The minimum absolute atomic E-state index is 0.444. The number of nitrogens with zero attached hydrogens (tertiary/aromatic N) is 6. The van der Waals surface area contributed by atoms with Crippen molar-refractivity contribution in [2.45, 2.75) is 39.0 Å². The number of hydrogen-bond acceptors (Lipinski definition) is 6. The van der Waals surface area contributed by atoms with Crippen molar-refractivity contribution < 1.29 is 0 Å². The van der Waals surface area contributed by atoms with E-state index in [1.807, 2.05) is 22.8 Å². The smallest absolute Gasteiger partial charge is 0.234 e. The highest BCUT2D eigenvalue weighted by molar-refractivity contribution is 7.16. The maximum absolute atomic E-state index is 4.84. The second-order valence-electron chi connectivity index (χ2n) is 6.82. The van der Waals surface area contributed by atoms with E-state index < -0.39 is 0 Å². The zero-order chi connectivity index (χ0) is 16.5. The first-order chi connectivity index (χ1) is 11.7. The van der Waals surface area contributed by atoms with Crippen molar-refractivity contribution in [2.24, 2.45) is 5.92 Å². The molecule has 0 aliphatic carbocycles. The maximum atomic E-state index is 4.84. The normalized spacial score (nSPS) is 18.6. The molecule has 3 aromatic heterocycles. The van der Waals surface area contributed by atoms with Gasteiger partial charge in [0.1, 0.15) is 10.8 Å². The Morgan fingerprint density at radius 1 is 1.29 bits per heavy atom. The molecule has 3 aromatic rings. The number of fused-ring (bicyclic) bond motifs is 1. The number of anilines is 1. The summed E-state index contributed by atoms with van der Waals surface area (Å²) in [4.78, 5) is 7.77. The number of rotatable bonds is 4. The number of aromatic nitrogens is 5. The lowest BCUT2D eigenvalue weighted by molar-refractivity contribution is 0.500. The van der Waals surface area contributed by atoms with Crippen LogP contribution in [-0.4, -0.2) is 37.9 Å². The Kier molecular flexibility index (Phi) is 4.18. The van der Waals surface area contributed by atoms with Crippen LogP contribution >= 0.6 is 11.3 Å². The number of hydrogen-bond donors (Lipinski definition) is 0. The highest BCUT2D eigenvalue weighted by Gasteiger charge is 2.26. The monoisotopic (exact) mass is 342 g/mol. The first-order valence-electron chi connectivity index (χ1n) is 8.57. The molecule has 0 bridgehead atoms. The van der Waals surface area contributed by atoms with Crippen molar-refractivity contribution in [1.82, 2.24) is 24.8 Å². The molecular formula is C17H22N6S. The van der Waals surface area contributed by atoms with E-state index in [1.165, 1.54) is 17.8 Å². The molecule has 0 N–H and O–H groups in total. The first kappa shape index (κ1) is 15.5. The first-order valence-corrected chi connectivity index (χ1v) is 9.39. The van der Waals surface area contributed by atoms with Gasteiger partial charge in [0.05, 0.1) is 0 Å². The molecule has 0 saturated carbocycles. The Morgan fingerprint density at radius 3 is 3.00 bits per heavy atom. The Morgan fingerprint density at radius 2 is 2.21 bits per heavy atom. The molecule has 1 saturated heterocycles. The second-order valence-corrected chi connectivity index (χ2v) is 7.81. The van der Waals surface area contributed by atoms with E-state index in [4.69, 9.17) is 5.10 Å². The molecule has 1 aliphatic heterocycles. The van der Waals surface area contributed by atoms with Gasteiger partial charge in [0.2, 0.25) is 4.96 Å². The summed E-state index contributed by atoms with van der Waals surface area (Å²) in [6, 6.07) is 6.10. The molecule has 7 heteroatoms. The Balaban J connectivity index is 1.57. The topological polar surface area (TPSA) is 59.2 Å². The summed E-state index contributed by atoms with van der Waals surface area (Å²) in [6.45, 7) is 6.43. The van der Waals surface area contributed by atoms with Gasteiger partial charge in [-0.15, -0.1) is 10.2 Å². The van der Waals surface area contributed by atoms with E-state index in [0.29, 0.717) is 11.8 Å². The minimum atomic E-state index is 0.444. The number of piperidine rings is 1. The molecular weight excluding hydrogens is 320 g/mol. The Bertz CT molecular complexity index is 809. The average molecular weight is 342 g/mol. The molecule has 1 atom stereocenters. The van der Waals surface area contributed by atoms with Crippen LogP contribution in [0.1, 0.15) is 43.4 Å². The standard InChI is InChI=1S/C17H22N6S/c1-12(2)10-15-19-20-17-23(15)21-16(24-17)13-6-5-9-22(11-13)14-7-3-4-8-18-14/h3-4,7-8,12-13H,5-6,9-11H2,1-2H3. The lowest BCUT2D eigenvalue weighted by Crippen LogP contribution is -2.34. The van der Waals surface area contributed by atoms with Gasteiger partial charge in [-0.3, -0.25) is 0 Å². The zero-order valence-electron chi connectivity index (χ0n) is 14.1. The molecule has 4 heterocycles. The average Bonchev–Trinajstić information content (AvgIpc) is 3.18. The molecule has 24 heavy (non-hydrogen) atoms. The van der Waals surface area contributed by atoms with E-state index in [2.05, 4.69) is 40.0 Å². The second kappa shape index (κ2) is 6.47. The van der Waals surface area contributed by atoms with Crippen LogP contribution in [0, 0.1) is 5.92 Å². The van der Waals surface area contributed by atoms with Crippen LogP contribution in [-0.2, 0) is 6.42 Å². The van der Waals surface area contributed by atoms with E-state index >= 15 is 0 Å². The molecule has 126 valence electrons. The predicted molar refractivity (Wildman–Crippen MR) is 95.6 cm³/mol. The number of pyridine rings is 1. The van der Waals surface area contributed by atoms with Crippen LogP contribution in [0.4, 0.5) is 5.82 Å². The molecule has 0 aromatic carbocycles. The molecule has 4 rings (SSSR count). The molecule has 0 spiro atoms. The summed E-state index contributed by atoms with van der Waals surface area (Å²) in [5, 5.41) is 14.6. The maximum Gasteiger partial charge on any atom is 0.234 e. The fourth-order valence-electron chi connectivity index (χ4n) is 3.26. The van der Waals surface area contributed by atoms with Crippen LogP contribution in [0.3, 0.4) is 0 Å². The summed E-state index contributed by atoms with van der Waals surface area (Å²) < 4.78 is 1.94. The van der Waals surface area contributed by atoms with E-state index in [0.717, 1.165) is 36.1 Å². The Labute approximate surface area is 145 Å². The van der Waals surface area contributed by atoms with Crippen molar-refractivity contribution in [3.63, 3.8) is 0 Å². The third kappa shape index (κ3) is 3.00. The largest absolute Gasteiger partial charge is 0.356 e. The predicted octanol–water partition coefficient (Wildman–Crippen LogP) is 3.16. The van der Waals surface area contributed by atoms with Crippen molar-refractivity contribution in [3.8, 4) is 0 Å². The molecule has 1 aliphatic rings. The quantitative estimate of drug-likeness (QED) is 0.729. The molecule has 0 amide bonds. The van der Waals surface area contributed by atoms with Crippen LogP contribution in [0.5, 0.6) is 0 Å². The van der Waals surface area contributed by atoms with Gasteiger partial charge >= 0.3 is 0 Å². The minimum Gasteiger partial charge on any atom is -0.356 e. The van der Waals surface area contributed by atoms with Crippen molar-refractivity contribution in [3.05, 3.63) is 35.2 Å². The molecule has 6 nitrogen and oxygen atoms in total. The van der Waals surface area contributed by atoms with E-state index in [9.17, 15) is 0 Å². The van der Waals surface area contributed by atoms with Crippen LogP contribution < -0.4 is 4.90 Å². The summed E-state index contributed by atoms with van der Waals surface area (Å²) >= 11 is 1.68. The summed E-state index contributed by atoms with van der Waals surface area (Å²) in [6.07, 6.45) is 5.11. The van der Waals surface area contributed by atoms with Crippen LogP contribution in [0.25, 0.3) is 4.96 Å². The van der Waals surface area contributed by atoms with Crippen molar-refractivity contribution in [1.29, 1.82) is 0 Å². The summed E-state index contributed by atoms with van der Waals surface area (Å²) in [5.41, 5.74) is 0. The van der Waals surface area contributed by atoms with E-state index in [-0.39, 0.29) is 0 Å². The van der Waals surface area contributed by atoms with Gasteiger partial charge in [-0.1, -0.05) is 31.3 Å². The van der Waals surface area contributed by atoms with Gasteiger partial charge < -0.3 is 4.90 Å². The van der Waals surface area contributed by atoms with Crippen LogP contribution in [0.2, 0.25) is 0 Å². The fourth-order valence-corrected chi connectivity index (χ4v) is 4.24. The van der Waals surface area contributed by atoms with Gasteiger partial charge in [-0.2, -0.15) is 9.61 Å². The molecule has 1 fully saturated rings. The zero-order valence-corrected chi connectivity index (χ0v) is 14.9. The van der Waals surface area contributed by atoms with Crippen molar-refractivity contribution >= 4 is 22.1 Å². The SMILES string of the molecule is CC(C)Cc1nnc2sc(C3CCCN(c4ccccn4)C3)nn12. The van der Waals surface area contributed by atoms with Crippen LogP contribution in [0.15, 0.2) is 24.4 Å². The van der Waals surface area contributed by atoms with Gasteiger partial charge in [-0.05, 0) is 30.9 Å². The Hall–Kier alpha value is -2.02. The third-order valence-electron chi connectivity index (χ3n) is 4.41. The lowest BCUT2D eigenvalue weighted by Gasteiger charge is -2.32. The van der Waals surface area contributed by atoms with Gasteiger partial charge in [0.25, 0.3) is 0 Å². The third-order valence-corrected chi connectivity index (χ3v) is 5.47. The van der Waals surface area contributed by atoms with Gasteiger partial charge in [0, 0.05) is 31.6 Å². The molecule has 1 unspecified atom stereocenters. The molecule has 0 radical (unpaired) electrons. The summed E-state index contributed by atoms with van der Waals surface area (Å²) in [5.74, 6) is 3.03. The fraction of sp³-hybridized carbons (Fsp3) is 0.529. The van der Waals surface area contributed by atoms with Gasteiger partial charge in [0.15, 0.2) is 5.82 Å². The highest BCUT2D eigenvalue weighted by atomic mass is 32.1. The van der Waals surface area contributed by atoms with Gasteiger partial charge in [-0.25, -0.2) is 4.98 Å². The summed E-state index contributed by atoms with van der Waals surface area (Å²) in [7, 11) is 0. The highest BCUT2D eigenvalue weighted by Crippen LogP contribution is 2.31. The lowest BCUT2D eigenvalue weighted by atomic mass is 9.99. The van der Waals surface area contributed by atoms with Crippen molar-refractivity contribution in [2.75, 3.05) is 18.0 Å². The van der Waals surface area contributed by atoms with E-state index in [1.54, 1.807) is 11.3 Å².